The number of rotatable bonds is 17. The third-order valence-corrected chi connectivity index (χ3v) is 4.65. The highest BCUT2D eigenvalue weighted by molar-refractivity contribution is 5.93. The Labute approximate surface area is 203 Å². The van der Waals surface area contributed by atoms with Gasteiger partial charge >= 0.3 is 0 Å². The first kappa shape index (κ1) is 28.8. The number of carbonyl (C=O) groups is 2. The second kappa shape index (κ2) is 20.3. The topological polar surface area (TPSA) is 71.1 Å². The van der Waals surface area contributed by atoms with Crippen LogP contribution >= 0.6 is 0 Å². The summed E-state index contributed by atoms with van der Waals surface area (Å²) < 4.78 is 12.8. The van der Waals surface area contributed by atoms with E-state index in [9.17, 15) is 14.0 Å². The zero-order chi connectivity index (χ0) is 24.7. The van der Waals surface area contributed by atoms with Gasteiger partial charge in [-0.15, -0.1) is 0 Å². The fourth-order valence-corrected chi connectivity index (χ4v) is 2.83. The second-order valence-corrected chi connectivity index (χ2v) is 7.58. The van der Waals surface area contributed by atoms with Gasteiger partial charge in [-0.05, 0) is 57.1 Å². The van der Waals surface area contributed by atoms with Crippen LogP contribution in [0.5, 0.6) is 0 Å². The summed E-state index contributed by atoms with van der Waals surface area (Å²) in [5, 5.41) is 5.43. The van der Waals surface area contributed by atoms with Crippen LogP contribution in [0.3, 0.4) is 0 Å². The van der Waals surface area contributed by atoms with Gasteiger partial charge in [-0.1, -0.05) is 67.7 Å². The van der Waals surface area contributed by atoms with Crippen LogP contribution in [0, 0.1) is 5.95 Å². The van der Waals surface area contributed by atoms with Crippen LogP contribution in [0.1, 0.15) is 68.6 Å². The fourth-order valence-electron chi connectivity index (χ4n) is 2.83. The molecule has 0 aliphatic rings. The molecule has 0 aromatic carbocycles. The monoisotopic (exact) mass is 467 g/mol. The predicted octanol–water partition coefficient (Wildman–Crippen LogP) is 5.99. The van der Waals surface area contributed by atoms with Crippen molar-refractivity contribution >= 4 is 11.8 Å². The Balaban J connectivity index is 1.97. The molecule has 0 aliphatic carbocycles. The van der Waals surface area contributed by atoms with Gasteiger partial charge < -0.3 is 10.6 Å². The summed E-state index contributed by atoms with van der Waals surface area (Å²) in [7, 11) is 0. The average molecular weight is 468 g/mol. The van der Waals surface area contributed by atoms with Gasteiger partial charge in [0, 0.05) is 25.7 Å². The van der Waals surface area contributed by atoms with E-state index in [4.69, 9.17) is 0 Å². The van der Waals surface area contributed by atoms with Gasteiger partial charge in [0.05, 0.1) is 5.56 Å². The van der Waals surface area contributed by atoms with Gasteiger partial charge in [0.1, 0.15) is 0 Å². The van der Waals surface area contributed by atoms with E-state index in [1.54, 1.807) is 0 Å². The van der Waals surface area contributed by atoms with Crippen molar-refractivity contribution in [3.8, 4) is 0 Å². The number of aromatic nitrogens is 1. The minimum Gasteiger partial charge on any atom is -0.354 e. The van der Waals surface area contributed by atoms with E-state index < -0.39 is 5.95 Å². The molecule has 2 amide bonds. The molecule has 1 rings (SSSR count). The highest BCUT2D eigenvalue weighted by Gasteiger charge is 2.06. The van der Waals surface area contributed by atoms with Crippen molar-refractivity contribution in [2.75, 3.05) is 13.1 Å². The highest BCUT2D eigenvalue weighted by atomic mass is 19.1. The molecule has 1 heterocycles. The average Bonchev–Trinajstić information content (AvgIpc) is 2.84. The van der Waals surface area contributed by atoms with E-state index in [1.165, 1.54) is 12.3 Å². The van der Waals surface area contributed by atoms with Crippen LogP contribution in [-0.4, -0.2) is 29.9 Å². The van der Waals surface area contributed by atoms with E-state index in [-0.39, 0.29) is 17.4 Å². The molecule has 2 N–H and O–H groups in total. The van der Waals surface area contributed by atoms with Gasteiger partial charge in [0.25, 0.3) is 5.91 Å². The largest absolute Gasteiger partial charge is 0.354 e. The fraction of sp³-hybridized carbons (Fsp3) is 0.393. The SMILES string of the molecule is CC/C=C\C/C=C\C/C=C\C/C=C\C/C=C\CCCC(=O)NCCNC(=O)c1ccc(F)nc1. The van der Waals surface area contributed by atoms with Crippen LogP contribution in [0.2, 0.25) is 0 Å². The van der Waals surface area contributed by atoms with E-state index in [1.807, 2.05) is 0 Å². The summed E-state index contributed by atoms with van der Waals surface area (Å²) in [6, 6.07) is 2.50. The molecule has 0 fully saturated rings. The quantitative estimate of drug-likeness (QED) is 0.168. The number of allylic oxidation sites excluding steroid dienone is 10. The standard InChI is InChI=1S/C28H38FN3O2/c1-2-3-4-5-6-7-8-9-10-11-12-13-14-15-16-17-18-19-27(33)30-22-23-31-28(34)25-20-21-26(29)32-24-25/h3-4,6-7,9-10,12-13,15-16,20-21,24H,2,5,8,11,14,17-19,22-23H2,1H3,(H,30,33)(H,31,34)/b4-3-,7-6-,10-9-,13-12-,16-15-. The third-order valence-electron chi connectivity index (χ3n) is 4.65. The lowest BCUT2D eigenvalue weighted by atomic mass is 10.2. The lowest BCUT2D eigenvalue weighted by Crippen LogP contribution is -2.34. The molecule has 1 aromatic heterocycles. The Morgan fingerprint density at radius 1 is 0.824 bits per heavy atom. The first-order chi connectivity index (χ1) is 16.6. The van der Waals surface area contributed by atoms with Crippen LogP contribution in [0.25, 0.3) is 0 Å². The van der Waals surface area contributed by atoms with Crippen molar-refractivity contribution in [1.82, 2.24) is 15.6 Å². The summed E-state index contributed by atoms with van der Waals surface area (Å²) in [6.45, 7) is 2.79. The summed E-state index contributed by atoms with van der Waals surface area (Å²) in [5.41, 5.74) is 0.282. The Hall–Kier alpha value is -3.28. The van der Waals surface area contributed by atoms with Crippen LogP contribution in [0.4, 0.5) is 4.39 Å². The second-order valence-electron chi connectivity index (χ2n) is 7.58. The molecule has 0 bridgehead atoms. The number of carbonyl (C=O) groups excluding carboxylic acids is 2. The molecule has 0 saturated carbocycles. The van der Waals surface area contributed by atoms with Crippen LogP contribution < -0.4 is 10.6 Å². The number of pyridine rings is 1. The molecule has 6 heteroatoms. The molecule has 5 nitrogen and oxygen atoms in total. The lowest BCUT2D eigenvalue weighted by Gasteiger charge is -2.06. The Morgan fingerprint density at radius 3 is 1.94 bits per heavy atom. The molecule has 0 aliphatic heterocycles. The van der Waals surface area contributed by atoms with Gasteiger partial charge in [-0.2, -0.15) is 4.39 Å². The lowest BCUT2D eigenvalue weighted by molar-refractivity contribution is -0.121. The van der Waals surface area contributed by atoms with Crippen molar-refractivity contribution in [1.29, 1.82) is 0 Å². The van der Waals surface area contributed by atoms with Crippen molar-refractivity contribution in [3.63, 3.8) is 0 Å². The molecule has 0 unspecified atom stereocenters. The van der Waals surface area contributed by atoms with E-state index in [0.29, 0.717) is 19.5 Å². The van der Waals surface area contributed by atoms with Crippen molar-refractivity contribution < 1.29 is 14.0 Å². The summed E-state index contributed by atoms with van der Waals surface area (Å²) >= 11 is 0. The molecule has 184 valence electrons. The normalized spacial score (nSPS) is 12.1. The number of hydrogen-bond acceptors (Lipinski definition) is 3. The van der Waals surface area contributed by atoms with Crippen LogP contribution in [0.15, 0.2) is 79.1 Å². The molecular formula is C28H38FN3O2. The third kappa shape index (κ3) is 16.4. The first-order valence-corrected chi connectivity index (χ1v) is 12.0. The van der Waals surface area contributed by atoms with Crippen molar-refractivity contribution in [2.24, 2.45) is 0 Å². The van der Waals surface area contributed by atoms with E-state index >= 15 is 0 Å². The maximum absolute atomic E-state index is 12.8. The number of nitrogens with zero attached hydrogens (tertiary/aromatic N) is 1. The molecule has 34 heavy (non-hydrogen) atoms. The molecular weight excluding hydrogens is 429 g/mol. The minimum atomic E-state index is -0.631. The maximum atomic E-state index is 12.8. The minimum absolute atomic E-state index is 0.0370. The highest BCUT2D eigenvalue weighted by Crippen LogP contribution is 2.00. The number of halogens is 1. The molecule has 0 spiro atoms. The molecule has 0 saturated heterocycles. The predicted molar refractivity (Wildman–Crippen MR) is 138 cm³/mol. The number of amides is 2. The zero-order valence-electron chi connectivity index (χ0n) is 20.2. The smallest absolute Gasteiger partial charge is 0.252 e. The number of hydrogen-bond donors (Lipinski definition) is 2. The summed E-state index contributed by atoms with van der Waals surface area (Å²) in [6.07, 6.45) is 29.8. The molecule has 0 radical (unpaired) electrons. The molecule has 0 atom stereocenters. The van der Waals surface area contributed by atoms with Crippen LogP contribution in [-0.2, 0) is 4.79 Å². The number of nitrogens with one attached hydrogen (secondary N) is 2. The molecule has 1 aromatic rings. The summed E-state index contributed by atoms with van der Waals surface area (Å²) in [5.74, 6) is -1.02. The summed E-state index contributed by atoms with van der Waals surface area (Å²) in [4.78, 5) is 27.1. The van der Waals surface area contributed by atoms with E-state index in [2.05, 4.69) is 83.3 Å². The van der Waals surface area contributed by atoms with Gasteiger partial charge in [0.15, 0.2) is 0 Å². The zero-order valence-corrected chi connectivity index (χ0v) is 20.2. The number of unbranched alkanes of at least 4 members (excludes halogenated alkanes) is 1. The van der Waals surface area contributed by atoms with Crippen molar-refractivity contribution in [2.45, 2.75) is 58.3 Å². The van der Waals surface area contributed by atoms with Crippen molar-refractivity contribution in [3.05, 3.63) is 90.6 Å². The Morgan fingerprint density at radius 2 is 1.38 bits per heavy atom. The Bertz CT molecular complexity index is 840. The van der Waals surface area contributed by atoms with Gasteiger partial charge in [-0.25, -0.2) is 4.98 Å². The van der Waals surface area contributed by atoms with Gasteiger partial charge in [-0.3, -0.25) is 9.59 Å². The first-order valence-electron chi connectivity index (χ1n) is 12.0. The maximum Gasteiger partial charge on any atom is 0.252 e. The Kier molecular flexibility index (Phi) is 17.2. The van der Waals surface area contributed by atoms with E-state index in [0.717, 1.165) is 51.0 Å². The van der Waals surface area contributed by atoms with Gasteiger partial charge in [0.2, 0.25) is 11.9 Å².